The van der Waals surface area contributed by atoms with Gasteiger partial charge in [-0.1, -0.05) is 19.4 Å². The average molecular weight is 412 g/mol. The van der Waals surface area contributed by atoms with Crippen LogP contribution in [0.5, 0.6) is 5.75 Å². The molecular formula is C23H29N3O4. The quantitative estimate of drug-likeness (QED) is 0.619. The Kier molecular flexibility index (Phi) is 8.09. The van der Waals surface area contributed by atoms with E-state index in [-0.39, 0.29) is 18.4 Å². The Balaban J connectivity index is 1.48. The van der Waals surface area contributed by atoms with Gasteiger partial charge in [0.1, 0.15) is 5.75 Å². The molecule has 30 heavy (non-hydrogen) atoms. The van der Waals surface area contributed by atoms with Crippen molar-refractivity contribution in [1.82, 2.24) is 4.90 Å². The van der Waals surface area contributed by atoms with Crippen molar-refractivity contribution >= 4 is 23.2 Å². The molecule has 2 aromatic carbocycles. The van der Waals surface area contributed by atoms with E-state index in [1.165, 1.54) is 0 Å². The first-order valence-corrected chi connectivity index (χ1v) is 10.4. The van der Waals surface area contributed by atoms with Gasteiger partial charge in [0, 0.05) is 30.0 Å². The van der Waals surface area contributed by atoms with E-state index >= 15 is 0 Å². The number of nitrogens with one attached hydrogen (secondary N) is 2. The molecule has 2 N–H and O–H groups in total. The summed E-state index contributed by atoms with van der Waals surface area (Å²) in [5.74, 6) is 0.605. The van der Waals surface area contributed by atoms with Crippen molar-refractivity contribution in [3.8, 4) is 5.75 Å². The minimum atomic E-state index is -0.167. The van der Waals surface area contributed by atoms with E-state index in [4.69, 9.17) is 9.47 Å². The largest absolute Gasteiger partial charge is 0.494 e. The Labute approximate surface area is 177 Å². The number of nitrogens with zero attached hydrogens (tertiary/aromatic N) is 1. The lowest BCUT2D eigenvalue weighted by molar-refractivity contribution is -0.114. The molecule has 2 aromatic rings. The van der Waals surface area contributed by atoms with Gasteiger partial charge < -0.3 is 25.0 Å². The molecule has 0 unspecified atom stereocenters. The number of unbranched alkanes of at least 4 members (excludes halogenated alkanes) is 1. The summed E-state index contributed by atoms with van der Waals surface area (Å²) in [5, 5.41) is 5.93. The van der Waals surface area contributed by atoms with Crippen LogP contribution in [-0.2, 0) is 9.53 Å². The summed E-state index contributed by atoms with van der Waals surface area (Å²) >= 11 is 0. The number of carbonyl (C=O) groups excluding carboxylic acids is 2. The molecule has 1 heterocycles. The number of hydrogen-bond acceptors (Lipinski definition) is 5. The predicted octanol–water partition coefficient (Wildman–Crippen LogP) is 3.39. The summed E-state index contributed by atoms with van der Waals surface area (Å²) in [6.07, 6.45) is 2.11. The lowest BCUT2D eigenvalue weighted by Gasteiger charge is -2.27. The Bertz CT molecular complexity index is 833. The lowest BCUT2D eigenvalue weighted by atomic mass is 10.1. The van der Waals surface area contributed by atoms with Gasteiger partial charge >= 0.3 is 0 Å². The van der Waals surface area contributed by atoms with E-state index < -0.39 is 0 Å². The first-order chi connectivity index (χ1) is 14.7. The van der Waals surface area contributed by atoms with E-state index in [9.17, 15) is 9.59 Å². The number of morpholine rings is 1. The maximum Gasteiger partial charge on any atom is 0.254 e. The zero-order valence-corrected chi connectivity index (χ0v) is 17.4. The molecule has 1 aliphatic rings. The fourth-order valence-corrected chi connectivity index (χ4v) is 3.07. The number of anilines is 2. The van der Waals surface area contributed by atoms with Gasteiger partial charge in [0.05, 0.1) is 26.4 Å². The van der Waals surface area contributed by atoms with Crippen molar-refractivity contribution in [3.63, 3.8) is 0 Å². The molecular weight excluding hydrogens is 382 g/mol. The van der Waals surface area contributed by atoms with Gasteiger partial charge in [0.15, 0.2) is 0 Å². The van der Waals surface area contributed by atoms with Crippen molar-refractivity contribution in [3.05, 3.63) is 54.1 Å². The standard InChI is InChI=1S/C23H29N3O4/c1-2-3-13-30-21-9-7-19(8-10-21)25-22(27)17-24-20-6-4-5-18(16-20)23(28)26-11-14-29-15-12-26/h4-10,16,24H,2-3,11-15,17H2,1H3,(H,25,27). The molecule has 0 aromatic heterocycles. The average Bonchev–Trinajstić information content (AvgIpc) is 2.79. The summed E-state index contributed by atoms with van der Waals surface area (Å²) in [6, 6.07) is 14.5. The second-order valence-corrected chi connectivity index (χ2v) is 7.11. The highest BCUT2D eigenvalue weighted by Crippen LogP contribution is 2.17. The van der Waals surface area contributed by atoms with E-state index in [1.807, 2.05) is 36.4 Å². The van der Waals surface area contributed by atoms with Gasteiger partial charge in [-0.3, -0.25) is 9.59 Å². The molecule has 2 amide bonds. The first kappa shape index (κ1) is 21.6. The predicted molar refractivity (Wildman–Crippen MR) is 117 cm³/mol. The monoisotopic (exact) mass is 411 g/mol. The highest BCUT2D eigenvalue weighted by atomic mass is 16.5. The van der Waals surface area contributed by atoms with Crippen LogP contribution < -0.4 is 15.4 Å². The van der Waals surface area contributed by atoms with Gasteiger partial charge in [-0.25, -0.2) is 0 Å². The Morgan fingerprint density at radius 3 is 2.57 bits per heavy atom. The second kappa shape index (κ2) is 11.2. The summed E-state index contributed by atoms with van der Waals surface area (Å²) in [5.41, 5.74) is 2.03. The van der Waals surface area contributed by atoms with E-state index in [0.717, 1.165) is 24.3 Å². The molecule has 1 saturated heterocycles. The zero-order chi connectivity index (χ0) is 21.2. The topological polar surface area (TPSA) is 79.9 Å². The minimum absolute atomic E-state index is 0.0207. The number of hydrogen-bond donors (Lipinski definition) is 2. The van der Waals surface area contributed by atoms with Crippen molar-refractivity contribution in [1.29, 1.82) is 0 Å². The summed E-state index contributed by atoms with van der Waals surface area (Å²) in [4.78, 5) is 26.6. The number of amides is 2. The molecule has 0 bridgehead atoms. The van der Waals surface area contributed by atoms with Crippen LogP contribution in [0.25, 0.3) is 0 Å². The zero-order valence-electron chi connectivity index (χ0n) is 17.4. The van der Waals surface area contributed by atoms with Gasteiger partial charge in [0.25, 0.3) is 5.91 Å². The highest BCUT2D eigenvalue weighted by molar-refractivity contribution is 5.96. The van der Waals surface area contributed by atoms with Crippen molar-refractivity contribution in [2.75, 3.05) is 50.1 Å². The molecule has 7 heteroatoms. The van der Waals surface area contributed by atoms with Crippen molar-refractivity contribution in [2.45, 2.75) is 19.8 Å². The molecule has 0 radical (unpaired) electrons. The third kappa shape index (κ3) is 6.49. The van der Waals surface area contributed by atoms with Crippen LogP contribution in [0.1, 0.15) is 30.1 Å². The Hall–Kier alpha value is -3.06. The molecule has 0 atom stereocenters. The smallest absolute Gasteiger partial charge is 0.254 e. The fourth-order valence-electron chi connectivity index (χ4n) is 3.07. The highest BCUT2D eigenvalue weighted by Gasteiger charge is 2.18. The van der Waals surface area contributed by atoms with Gasteiger partial charge in [-0.2, -0.15) is 0 Å². The molecule has 7 nitrogen and oxygen atoms in total. The molecule has 0 spiro atoms. The summed E-state index contributed by atoms with van der Waals surface area (Å²) in [6.45, 7) is 5.24. The second-order valence-electron chi connectivity index (χ2n) is 7.11. The maximum absolute atomic E-state index is 12.6. The summed E-state index contributed by atoms with van der Waals surface area (Å²) in [7, 11) is 0. The molecule has 0 aliphatic carbocycles. The SMILES string of the molecule is CCCCOc1ccc(NC(=O)CNc2cccc(C(=O)N3CCOCC3)c2)cc1. The van der Waals surface area contributed by atoms with Crippen LogP contribution in [0.15, 0.2) is 48.5 Å². The van der Waals surface area contributed by atoms with Crippen molar-refractivity contribution < 1.29 is 19.1 Å². The number of rotatable bonds is 9. The Morgan fingerprint density at radius 1 is 1.07 bits per heavy atom. The van der Waals surface area contributed by atoms with E-state index in [1.54, 1.807) is 17.0 Å². The first-order valence-electron chi connectivity index (χ1n) is 10.4. The fraction of sp³-hybridized carbons (Fsp3) is 0.391. The third-order valence-electron chi connectivity index (χ3n) is 4.77. The Morgan fingerprint density at radius 2 is 1.83 bits per heavy atom. The summed E-state index contributed by atoms with van der Waals surface area (Å²) < 4.78 is 10.9. The van der Waals surface area contributed by atoms with Crippen LogP contribution in [0.3, 0.4) is 0 Å². The third-order valence-corrected chi connectivity index (χ3v) is 4.77. The van der Waals surface area contributed by atoms with Gasteiger partial charge in [-0.15, -0.1) is 0 Å². The van der Waals surface area contributed by atoms with Crippen LogP contribution in [0.2, 0.25) is 0 Å². The van der Waals surface area contributed by atoms with Crippen LogP contribution in [-0.4, -0.2) is 56.2 Å². The van der Waals surface area contributed by atoms with Gasteiger partial charge in [0.2, 0.25) is 5.91 Å². The molecule has 160 valence electrons. The van der Waals surface area contributed by atoms with E-state index in [2.05, 4.69) is 17.6 Å². The van der Waals surface area contributed by atoms with Gasteiger partial charge in [-0.05, 0) is 48.9 Å². The van der Waals surface area contributed by atoms with Crippen LogP contribution in [0, 0.1) is 0 Å². The van der Waals surface area contributed by atoms with E-state index in [0.29, 0.717) is 44.2 Å². The maximum atomic E-state index is 12.6. The van der Waals surface area contributed by atoms with Crippen LogP contribution >= 0.6 is 0 Å². The van der Waals surface area contributed by atoms with Crippen LogP contribution in [0.4, 0.5) is 11.4 Å². The molecule has 1 fully saturated rings. The number of ether oxygens (including phenoxy) is 2. The normalized spacial score (nSPS) is 13.6. The number of benzene rings is 2. The molecule has 3 rings (SSSR count). The number of carbonyl (C=O) groups is 2. The van der Waals surface area contributed by atoms with Crippen molar-refractivity contribution in [2.24, 2.45) is 0 Å². The lowest BCUT2D eigenvalue weighted by Crippen LogP contribution is -2.40. The molecule has 1 aliphatic heterocycles. The minimum Gasteiger partial charge on any atom is -0.494 e. The molecule has 0 saturated carbocycles.